The molecule has 1 aliphatic heterocycles. The highest BCUT2D eigenvalue weighted by atomic mass is 79.9. The molecule has 1 heterocycles. The molecule has 0 saturated carbocycles. The van der Waals surface area contributed by atoms with Crippen LogP contribution in [0.5, 0.6) is 0 Å². The molecule has 66 valence electrons. The van der Waals surface area contributed by atoms with Crippen LogP contribution in [0, 0.1) is 17.2 Å². The van der Waals surface area contributed by atoms with Gasteiger partial charge in [0.2, 0.25) is 5.91 Å². The van der Waals surface area contributed by atoms with Crippen LogP contribution < -0.4 is 0 Å². The van der Waals surface area contributed by atoms with Crippen LogP contribution in [0.25, 0.3) is 0 Å². The van der Waals surface area contributed by atoms with Crippen LogP contribution in [-0.4, -0.2) is 28.7 Å². The smallest absolute Gasteiger partial charge is 0.219 e. The lowest BCUT2D eigenvalue weighted by Gasteiger charge is -2.32. The first-order chi connectivity index (χ1) is 5.65. The highest BCUT2D eigenvalue weighted by molar-refractivity contribution is 9.09. The Kier molecular flexibility index (Phi) is 3.10. The second-order valence-electron chi connectivity index (χ2n) is 3.01. The van der Waals surface area contributed by atoms with E-state index < -0.39 is 0 Å². The average molecular weight is 231 g/mol. The minimum Gasteiger partial charge on any atom is -0.342 e. The van der Waals surface area contributed by atoms with Gasteiger partial charge >= 0.3 is 0 Å². The highest BCUT2D eigenvalue weighted by Crippen LogP contribution is 2.22. The van der Waals surface area contributed by atoms with Gasteiger partial charge in [-0.15, -0.1) is 0 Å². The van der Waals surface area contributed by atoms with E-state index >= 15 is 0 Å². The normalized spacial score (nSPS) is 29.6. The number of alkyl halides is 1. The summed E-state index contributed by atoms with van der Waals surface area (Å²) in [7, 11) is 0. The van der Waals surface area contributed by atoms with Crippen molar-refractivity contribution in [3.05, 3.63) is 0 Å². The van der Waals surface area contributed by atoms with Gasteiger partial charge in [0.15, 0.2) is 0 Å². The van der Waals surface area contributed by atoms with Crippen molar-refractivity contribution in [1.82, 2.24) is 4.90 Å². The maximum atomic E-state index is 11.0. The minimum absolute atomic E-state index is 0.0561. The van der Waals surface area contributed by atoms with Crippen molar-refractivity contribution in [3.8, 4) is 6.07 Å². The number of hydrogen-bond acceptors (Lipinski definition) is 2. The molecule has 1 aliphatic rings. The fourth-order valence-corrected chi connectivity index (χ4v) is 2.07. The SMILES string of the molecule is CC(=O)N1CCC(C#N)C(Br)C1. The van der Waals surface area contributed by atoms with E-state index in [2.05, 4.69) is 22.0 Å². The molecule has 1 rings (SSSR count). The Bertz CT molecular complexity index is 224. The summed E-state index contributed by atoms with van der Waals surface area (Å²) in [6.45, 7) is 2.94. The predicted molar refractivity (Wildman–Crippen MR) is 48.7 cm³/mol. The number of carbonyl (C=O) groups excluding carboxylic acids is 1. The van der Waals surface area contributed by atoms with E-state index in [1.807, 2.05) is 0 Å². The van der Waals surface area contributed by atoms with E-state index in [1.165, 1.54) is 0 Å². The fourth-order valence-electron chi connectivity index (χ4n) is 1.34. The summed E-state index contributed by atoms with van der Waals surface area (Å²) in [4.78, 5) is 12.9. The molecule has 1 fully saturated rings. The molecule has 0 aromatic heterocycles. The molecule has 0 aliphatic carbocycles. The third kappa shape index (κ3) is 1.98. The van der Waals surface area contributed by atoms with Gasteiger partial charge in [0.25, 0.3) is 0 Å². The van der Waals surface area contributed by atoms with Gasteiger partial charge in [-0.25, -0.2) is 0 Å². The van der Waals surface area contributed by atoms with Gasteiger partial charge in [-0.1, -0.05) is 15.9 Å². The van der Waals surface area contributed by atoms with E-state index in [0.717, 1.165) is 13.0 Å². The molecule has 1 amide bonds. The largest absolute Gasteiger partial charge is 0.342 e. The molecule has 1 saturated heterocycles. The molecule has 0 spiro atoms. The van der Waals surface area contributed by atoms with E-state index in [4.69, 9.17) is 5.26 Å². The van der Waals surface area contributed by atoms with Gasteiger partial charge < -0.3 is 4.90 Å². The number of halogens is 1. The van der Waals surface area contributed by atoms with Crippen molar-refractivity contribution in [2.24, 2.45) is 5.92 Å². The Morgan fingerprint density at radius 3 is 2.83 bits per heavy atom. The van der Waals surface area contributed by atoms with Crippen LogP contribution in [0.3, 0.4) is 0 Å². The number of hydrogen-bond donors (Lipinski definition) is 0. The van der Waals surface area contributed by atoms with Crippen LogP contribution in [0.1, 0.15) is 13.3 Å². The van der Waals surface area contributed by atoms with Crippen LogP contribution in [0.15, 0.2) is 0 Å². The second kappa shape index (κ2) is 3.90. The molecular formula is C8H11BrN2O. The van der Waals surface area contributed by atoms with Crippen molar-refractivity contribution < 1.29 is 4.79 Å². The molecule has 4 heteroatoms. The van der Waals surface area contributed by atoms with Gasteiger partial charge in [0.05, 0.1) is 12.0 Å². The molecule has 2 unspecified atom stereocenters. The number of nitrogens with zero attached hydrogens (tertiary/aromatic N) is 2. The molecule has 0 N–H and O–H groups in total. The molecular weight excluding hydrogens is 220 g/mol. The van der Waals surface area contributed by atoms with Crippen molar-refractivity contribution in [3.63, 3.8) is 0 Å². The van der Waals surface area contributed by atoms with E-state index in [1.54, 1.807) is 11.8 Å². The molecule has 0 radical (unpaired) electrons. The quantitative estimate of drug-likeness (QED) is 0.587. The molecule has 0 aromatic carbocycles. The van der Waals surface area contributed by atoms with Crippen LogP contribution in [0.2, 0.25) is 0 Å². The van der Waals surface area contributed by atoms with Gasteiger partial charge in [0, 0.05) is 24.8 Å². The molecule has 12 heavy (non-hydrogen) atoms. The number of piperidine rings is 1. The first-order valence-corrected chi connectivity index (χ1v) is 4.86. The van der Waals surface area contributed by atoms with Crippen LogP contribution in [-0.2, 0) is 4.79 Å². The standard InChI is InChI=1S/C8H11BrN2O/c1-6(12)11-3-2-7(4-10)8(9)5-11/h7-8H,2-3,5H2,1H3. The first kappa shape index (κ1) is 9.53. The van der Waals surface area contributed by atoms with Gasteiger partial charge in [-0.3, -0.25) is 4.79 Å². The zero-order valence-electron chi connectivity index (χ0n) is 6.96. The lowest BCUT2D eigenvalue weighted by molar-refractivity contribution is -0.129. The van der Waals surface area contributed by atoms with Crippen molar-refractivity contribution in [2.75, 3.05) is 13.1 Å². The lowest BCUT2D eigenvalue weighted by atomic mass is 9.98. The highest BCUT2D eigenvalue weighted by Gasteiger charge is 2.27. The minimum atomic E-state index is 0.0561. The Morgan fingerprint density at radius 2 is 2.42 bits per heavy atom. The van der Waals surface area contributed by atoms with Crippen LogP contribution >= 0.6 is 15.9 Å². The zero-order valence-corrected chi connectivity index (χ0v) is 8.54. The summed E-state index contributed by atoms with van der Waals surface area (Å²) in [6, 6.07) is 2.23. The van der Waals surface area contributed by atoms with Gasteiger partial charge in [-0.05, 0) is 6.42 Å². The molecule has 0 bridgehead atoms. The van der Waals surface area contributed by atoms with Crippen LogP contribution in [0.4, 0.5) is 0 Å². The zero-order chi connectivity index (χ0) is 9.14. The predicted octanol–water partition coefficient (Wildman–Crippen LogP) is 1.14. The number of amides is 1. The summed E-state index contributed by atoms with van der Waals surface area (Å²) in [5.41, 5.74) is 0. The Balaban J connectivity index is 2.53. The molecule has 0 aromatic rings. The third-order valence-corrected chi connectivity index (χ3v) is 3.08. The van der Waals surface area contributed by atoms with Crippen molar-refractivity contribution in [1.29, 1.82) is 5.26 Å². The maximum absolute atomic E-state index is 11.0. The maximum Gasteiger partial charge on any atom is 0.219 e. The molecule has 2 atom stereocenters. The Morgan fingerprint density at radius 1 is 1.75 bits per heavy atom. The second-order valence-corrected chi connectivity index (χ2v) is 4.18. The third-order valence-electron chi connectivity index (χ3n) is 2.15. The van der Waals surface area contributed by atoms with Crippen molar-refractivity contribution in [2.45, 2.75) is 18.2 Å². The fraction of sp³-hybridized carbons (Fsp3) is 0.750. The topological polar surface area (TPSA) is 44.1 Å². The molecule has 3 nitrogen and oxygen atoms in total. The number of carbonyl (C=O) groups is 1. The van der Waals surface area contributed by atoms with Crippen molar-refractivity contribution >= 4 is 21.8 Å². The summed E-state index contributed by atoms with van der Waals surface area (Å²) < 4.78 is 0. The monoisotopic (exact) mass is 230 g/mol. The average Bonchev–Trinajstić information content (AvgIpc) is 2.04. The first-order valence-electron chi connectivity index (χ1n) is 3.94. The Hall–Kier alpha value is -0.560. The summed E-state index contributed by atoms with van der Waals surface area (Å²) in [5.74, 6) is 0.149. The summed E-state index contributed by atoms with van der Waals surface area (Å²) in [6.07, 6.45) is 0.784. The summed E-state index contributed by atoms with van der Waals surface area (Å²) >= 11 is 3.41. The van der Waals surface area contributed by atoms with E-state index in [9.17, 15) is 4.79 Å². The number of nitriles is 1. The number of rotatable bonds is 0. The van der Waals surface area contributed by atoms with E-state index in [0.29, 0.717) is 6.54 Å². The van der Waals surface area contributed by atoms with Gasteiger partial charge in [0.1, 0.15) is 0 Å². The number of likely N-dealkylation sites (tertiary alicyclic amines) is 1. The Labute approximate surface area is 80.5 Å². The lowest BCUT2D eigenvalue weighted by Crippen LogP contribution is -2.42. The van der Waals surface area contributed by atoms with Gasteiger partial charge in [-0.2, -0.15) is 5.26 Å². The summed E-state index contributed by atoms with van der Waals surface area (Å²) in [5, 5.41) is 8.70. The van der Waals surface area contributed by atoms with E-state index in [-0.39, 0.29) is 16.7 Å².